The summed E-state index contributed by atoms with van der Waals surface area (Å²) in [6.45, 7) is 4.00. The van der Waals surface area contributed by atoms with Gasteiger partial charge in [-0.1, -0.05) is 24.9 Å². The Morgan fingerprint density at radius 1 is 1.43 bits per heavy atom. The van der Waals surface area contributed by atoms with Crippen molar-refractivity contribution in [2.24, 2.45) is 0 Å². The Kier molecular flexibility index (Phi) is 10.8. The van der Waals surface area contributed by atoms with Crippen molar-refractivity contribution in [1.82, 2.24) is 4.98 Å². The van der Waals surface area contributed by atoms with E-state index in [0.29, 0.717) is 16.5 Å². The molecule has 1 aromatic heterocycles. The summed E-state index contributed by atoms with van der Waals surface area (Å²) in [5.74, 6) is 0.292. The number of hydrogen-bond donors (Lipinski definition) is 0. The second-order valence-corrected chi connectivity index (χ2v) is 2.24. The molecule has 0 aromatic carbocycles. The fourth-order valence-electron chi connectivity index (χ4n) is 0.664. The predicted octanol–water partition coefficient (Wildman–Crippen LogP) is 1.89. The maximum atomic E-state index is 8.54. The normalized spacial score (nSPS) is 7.29. The fourth-order valence-corrected chi connectivity index (χ4v) is 0.815. The average molecular weight is 284 g/mol. The van der Waals surface area contributed by atoms with Crippen molar-refractivity contribution in [1.29, 1.82) is 5.26 Å². The second kappa shape index (κ2) is 9.32. The van der Waals surface area contributed by atoms with E-state index in [0.717, 1.165) is 0 Å². The molecular weight excluding hydrogens is 273 g/mol. The molecule has 0 aliphatic heterocycles. The number of aromatic nitrogens is 1. The van der Waals surface area contributed by atoms with Crippen LogP contribution in [0.4, 0.5) is 0 Å². The van der Waals surface area contributed by atoms with Crippen molar-refractivity contribution < 1.29 is 37.4 Å². The predicted molar refractivity (Wildman–Crippen MR) is 52.5 cm³/mol. The molecule has 0 aliphatic rings. The van der Waals surface area contributed by atoms with Crippen molar-refractivity contribution in [3.8, 4) is 11.9 Å². The number of hydrogen-bond acceptors (Lipinski definition) is 4. The molecule has 1 heterocycles. The van der Waals surface area contributed by atoms with Crippen LogP contribution in [0.3, 0.4) is 0 Å². The standard InChI is InChI=1S/C7H6N2OS.C2H6.Y/c1-10-7-5(4-8)2-3-6(11)9-7;1-2;/h2-3H,1H3,(H,9,11);1-2H3;/p-1. The molecule has 0 fully saturated rings. The first-order chi connectivity index (χ1) is 6.27. The first-order valence-electron chi connectivity index (χ1n) is 3.90. The van der Waals surface area contributed by atoms with Gasteiger partial charge in [-0.3, -0.25) is 0 Å². The molecule has 1 radical (unpaired) electrons. The zero-order valence-electron chi connectivity index (χ0n) is 8.44. The zero-order chi connectivity index (χ0) is 10.3. The summed E-state index contributed by atoms with van der Waals surface area (Å²) >= 11 is 4.77. The van der Waals surface area contributed by atoms with Gasteiger partial charge in [0.05, 0.1) is 7.11 Å². The summed E-state index contributed by atoms with van der Waals surface area (Å²) in [4.78, 5) is 3.83. The van der Waals surface area contributed by atoms with Crippen LogP contribution in [-0.2, 0) is 45.3 Å². The third-order valence-corrected chi connectivity index (χ3v) is 1.38. The molecule has 5 heteroatoms. The summed E-state index contributed by atoms with van der Waals surface area (Å²) in [6.07, 6.45) is 0. The van der Waals surface area contributed by atoms with Crippen LogP contribution in [0.2, 0.25) is 0 Å². The van der Waals surface area contributed by atoms with Crippen molar-refractivity contribution in [2.45, 2.75) is 18.9 Å². The smallest absolute Gasteiger partial charge is 0.229 e. The number of nitrogens with zero attached hydrogens (tertiary/aromatic N) is 2. The number of rotatable bonds is 1. The Morgan fingerprint density at radius 2 is 2.00 bits per heavy atom. The van der Waals surface area contributed by atoms with E-state index in [4.69, 9.17) is 22.6 Å². The van der Waals surface area contributed by atoms with E-state index in [1.165, 1.54) is 7.11 Å². The molecule has 1 aromatic rings. The summed E-state index contributed by atoms with van der Waals surface area (Å²) < 4.78 is 4.82. The van der Waals surface area contributed by atoms with Crippen LogP contribution in [-0.4, -0.2) is 12.1 Å². The Hall–Kier alpha value is -0.236. The van der Waals surface area contributed by atoms with Gasteiger partial charge in [0.15, 0.2) is 0 Å². The molecular formula is C9H11N2OSY-. The fraction of sp³-hybridized carbons (Fsp3) is 0.333. The molecule has 73 valence electrons. The SMILES string of the molecule is CC.COc1nc([S-])ccc1C#N.[Y]. The molecule has 0 amide bonds. The van der Waals surface area contributed by atoms with Crippen LogP contribution in [0.25, 0.3) is 0 Å². The molecule has 14 heavy (non-hydrogen) atoms. The van der Waals surface area contributed by atoms with Gasteiger partial charge in [-0.15, -0.1) is 0 Å². The average Bonchev–Trinajstić information content (AvgIpc) is 2.20. The van der Waals surface area contributed by atoms with Gasteiger partial charge in [0.1, 0.15) is 11.6 Å². The molecule has 0 N–H and O–H groups in total. The molecule has 1 rings (SSSR count). The quantitative estimate of drug-likeness (QED) is 0.739. The van der Waals surface area contributed by atoms with E-state index in [1.54, 1.807) is 12.1 Å². The first kappa shape index (κ1) is 16.2. The van der Waals surface area contributed by atoms with Crippen LogP contribution >= 0.6 is 0 Å². The number of methoxy groups -OCH3 is 1. The largest absolute Gasteiger partial charge is 0.760 e. The third kappa shape index (κ3) is 4.85. The minimum atomic E-state index is 0. The Morgan fingerprint density at radius 3 is 2.43 bits per heavy atom. The van der Waals surface area contributed by atoms with E-state index < -0.39 is 0 Å². The van der Waals surface area contributed by atoms with Gasteiger partial charge in [0, 0.05) is 32.7 Å². The van der Waals surface area contributed by atoms with Crippen molar-refractivity contribution in [3.63, 3.8) is 0 Å². The van der Waals surface area contributed by atoms with E-state index in [-0.39, 0.29) is 32.7 Å². The number of ether oxygens (including phenoxy) is 1. The topological polar surface area (TPSA) is 45.9 Å². The van der Waals surface area contributed by atoms with Crippen molar-refractivity contribution in [3.05, 3.63) is 17.7 Å². The first-order valence-corrected chi connectivity index (χ1v) is 4.31. The Labute approximate surface area is 115 Å². The van der Waals surface area contributed by atoms with Gasteiger partial charge in [-0.2, -0.15) is 5.26 Å². The van der Waals surface area contributed by atoms with Gasteiger partial charge in [0.2, 0.25) is 5.88 Å². The molecule has 3 nitrogen and oxygen atoms in total. The minimum absolute atomic E-state index is 0. The Bertz CT molecular complexity index is 312. The maximum Gasteiger partial charge on any atom is 0.229 e. The van der Waals surface area contributed by atoms with E-state index in [1.807, 2.05) is 19.9 Å². The molecule has 0 spiro atoms. The van der Waals surface area contributed by atoms with Crippen LogP contribution in [0.5, 0.6) is 5.88 Å². The summed E-state index contributed by atoms with van der Waals surface area (Å²) in [6, 6.07) is 5.12. The second-order valence-electron chi connectivity index (χ2n) is 1.82. The summed E-state index contributed by atoms with van der Waals surface area (Å²) in [5.41, 5.74) is 0.404. The van der Waals surface area contributed by atoms with Crippen LogP contribution < -0.4 is 4.74 Å². The van der Waals surface area contributed by atoms with Gasteiger partial charge < -0.3 is 17.4 Å². The molecule has 0 bridgehead atoms. The monoisotopic (exact) mass is 284 g/mol. The molecule has 0 saturated carbocycles. The Balaban J connectivity index is 0. The third-order valence-electron chi connectivity index (χ3n) is 1.15. The molecule has 0 unspecified atom stereocenters. The van der Waals surface area contributed by atoms with Crippen LogP contribution in [0.15, 0.2) is 17.2 Å². The minimum Gasteiger partial charge on any atom is -0.760 e. The number of nitriles is 1. The number of pyridine rings is 1. The van der Waals surface area contributed by atoms with Crippen LogP contribution in [0, 0.1) is 11.3 Å². The molecule has 0 saturated heterocycles. The van der Waals surface area contributed by atoms with Gasteiger partial charge in [0.25, 0.3) is 0 Å². The van der Waals surface area contributed by atoms with Crippen molar-refractivity contribution >= 4 is 12.6 Å². The maximum absolute atomic E-state index is 8.54. The van der Waals surface area contributed by atoms with Crippen LogP contribution in [0.1, 0.15) is 19.4 Å². The molecule has 0 aliphatic carbocycles. The van der Waals surface area contributed by atoms with Gasteiger partial charge in [-0.25, -0.2) is 4.98 Å². The van der Waals surface area contributed by atoms with E-state index >= 15 is 0 Å². The zero-order valence-corrected chi connectivity index (χ0v) is 12.1. The van der Waals surface area contributed by atoms with E-state index in [2.05, 4.69) is 4.98 Å². The molecule has 0 atom stereocenters. The summed E-state index contributed by atoms with van der Waals surface area (Å²) in [7, 11) is 1.46. The summed E-state index contributed by atoms with van der Waals surface area (Å²) in [5, 5.41) is 8.97. The van der Waals surface area contributed by atoms with Crippen molar-refractivity contribution in [2.75, 3.05) is 7.11 Å². The van der Waals surface area contributed by atoms with Gasteiger partial charge >= 0.3 is 0 Å². The van der Waals surface area contributed by atoms with E-state index in [9.17, 15) is 0 Å². The van der Waals surface area contributed by atoms with Gasteiger partial charge in [-0.05, 0) is 6.07 Å².